The number of nitrogens with two attached hydrogens (primary N) is 1. The molecule has 3 N–H and O–H groups in total. The average Bonchev–Trinajstić information content (AvgIpc) is 2.78. The molecule has 0 fully saturated rings. The normalized spacial score (nSPS) is 11.9. The van der Waals surface area contributed by atoms with E-state index in [2.05, 4.69) is 24.0 Å². The van der Waals surface area contributed by atoms with E-state index in [-0.39, 0.29) is 10.6 Å². The fraction of sp³-hybridized carbons (Fsp3) is 0.667. The molecule has 7 nitrogen and oxygen atoms in total. The number of carbonyl (C=O) groups is 1. The second-order valence-corrected chi connectivity index (χ2v) is 6.69. The van der Waals surface area contributed by atoms with Crippen molar-refractivity contribution in [2.75, 3.05) is 13.6 Å². The van der Waals surface area contributed by atoms with E-state index in [1.807, 2.05) is 0 Å². The van der Waals surface area contributed by atoms with Gasteiger partial charge in [-0.25, -0.2) is 13.6 Å². The Hall–Kier alpha value is -1.41. The van der Waals surface area contributed by atoms with Crippen LogP contribution >= 0.6 is 0 Å². The van der Waals surface area contributed by atoms with Crippen LogP contribution in [0.3, 0.4) is 0 Å². The summed E-state index contributed by atoms with van der Waals surface area (Å²) in [6, 6.07) is 0. The summed E-state index contributed by atoms with van der Waals surface area (Å²) < 4.78 is 23.3. The van der Waals surface area contributed by atoms with Gasteiger partial charge in [0.15, 0.2) is 5.69 Å². The summed E-state index contributed by atoms with van der Waals surface area (Å²) in [6.07, 6.45) is 1.24. The van der Waals surface area contributed by atoms with Crippen molar-refractivity contribution in [3.63, 3.8) is 0 Å². The summed E-state index contributed by atoms with van der Waals surface area (Å²) >= 11 is 0. The summed E-state index contributed by atoms with van der Waals surface area (Å²) in [4.78, 5) is 13.5. The molecule has 0 bridgehead atoms. The molecule has 0 aliphatic heterocycles. The number of primary sulfonamides is 1. The van der Waals surface area contributed by atoms with E-state index >= 15 is 0 Å². The van der Waals surface area contributed by atoms with Crippen LogP contribution in [0.15, 0.2) is 4.90 Å². The van der Waals surface area contributed by atoms with Gasteiger partial charge in [-0.1, -0.05) is 20.8 Å². The minimum absolute atomic E-state index is 0.129. The Morgan fingerprint density at radius 3 is 2.50 bits per heavy atom. The summed E-state index contributed by atoms with van der Waals surface area (Å²) in [5.74, 6) is 0.0129. The van der Waals surface area contributed by atoms with Crippen LogP contribution in [0.4, 0.5) is 0 Å². The van der Waals surface area contributed by atoms with E-state index in [0.717, 1.165) is 6.42 Å². The second kappa shape index (κ2) is 6.36. The standard InChI is InChI=1S/C12H22N4O3S/c1-5-9-11(20(13,18)19)10(15-14-9)12(17)16(4)7-6-8(2)3/h8H,5-7H2,1-4H3,(H,14,15)(H2,13,18,19). The maximum atomic E-state index is 12.3. The summed E-state index contributed by atoms with van der Waals surface area (Å²) in [6.45, 7) is 6.41. The second-order valence-electron chi connectivity index (χ2n) is 5.19. The Balaban J connectivity index is 3.08. The van der Waals surface area contributed by atoms with Crippen molar-refractivity contribution in [3.05, 3.63) is 11.4 Å². The lowest BCUT2D eigenvalue weighted by Gasteiger charge is -2.17. The van der Waals surface area contributed by atoms with E-state index in [9.17, 15) is 13.2 Å². The van der Waals surface area contributed by atoms with Crippen LogP contribution in [0.5, 0.6) is 0 Å². The van der Waals surface area contributed by atoms with Crippen molar-refractivity contribution in [1.82, 2.24) is 15.1 Å². The molecule has 8 heteroatoms. The number of aromatic amines is 1. The van der Waals surface area contributed by atoms with Crippen LogP contribution in [0.2, 0.25) is 0 Å². The van der Waals surface area contributed by atoms with Crippen molar-refractivity contribution in [1.29, 1.82) is 0 Å². The molecule has 1 aromatic heterocycles. The van der Waals surface area contributed by atoms with E-state index in [0.29, 0.717) is 24.6 Å². The van der Waals surface area contributed by atoms with Crippen LogP contribution in [0.1, 0.15) is 43.4 Å². The lowest BCUT2D eigenvalue weighted by atomic mass is 10.1. The number of H-pyrrole nitrogens is 1. The molecule has 0 saturated heterocycles. The van der Waals surface area contributed by atoms with Gasteiger partial charge in [0.25, 0.3) is 5.91 Å². The number of amides is 1. The molecule has 0 aliphatic carbocycles. The van der Waals surface area contributed by atoms with E-state index in [1.54, 1.807) is 14.0 Å². The molecule has 0 saturated carbocycles. The van der Waals surface area contributed by atoms with Crippen LogP contribution < -0.4 is 5.14 Å². The van der Waals surface area contributed by atoms with Crippen LogP contribution in [-0.4, -0.2) is 43.0 Å². The highest BCUT2D eigenvalue weighted by atomic mass is 32.2. The van der Waals surface area contributed by atoms with Crippen LogP contribution in [0, 0.1) is 5.92 Å². The Kier molecular flexibility index (Phi) is 5.29. The fourth-order valence-corrected chi connectivity index (χ4v) is 2.73. The minimum atomic E-state index is -3.98. The lowest BCUT2D eigenvalue weighted by Crippen LogP contribution is -2.30. The van der Waals surface area contributed by atoms with Gasteiger partial charge < -0.3 is 4.90 Å². The number of nitrogens with one attached hydrogen (secondary N) is 1. The quantitative estimate of drug-likeness (QED) is 0.807. The predicted octanol–water partition coefficient (Wildman–Crippen LogP) is 0.738. The minimum Gasteiger partial charge on any atom is -0.340 e. The molecule has 114 valence electrons. The number of nitrogens with zero attached hydrogens (tertiary/aromatic N) is 2. The third-order valence-corrected chi connectivity index (χ3v) is 4.03. The van der Waals surface area contributed by atoms with Gasteiger partial charge >= 0.3 is 0 Å². The largest absolute Gasteiger partial charge is 0.340 e. The Morgan fingerprint density at radius 1 is 1.45 bits per heavy atom. The van der Waals surface area contributed by atoms with Gasteiger partial charge in [-0.05, 0) is 18.8 Å². The van der Waals surface area contributed by atoms with Crippen LogP contribution in [-0.2, 0) is 16.4 Å². The molecule has 0 radical (unpaired) electrons. The van der Waals surface area contributed by atoms with Gasteiger partial charge in [-0.15, -0.1) is 0 Å². The topological polar surface area (TPSA) is 109 Å². The molecule has 0 aliphatic rings. The molecule has 0 aromatic carbocycles. The number of aromatic nitrogens is 2. The number of rotatable bonds is 6. The van der Waals surface area contributed by atoms with Gasteiger partial charge in [-0.3, -0.25) is 9.89 Å². The fourth-order valence-electron chi connectivity index (χ4n) is 1.79. The third-order valence-electron chi connectivity index (χ3n) is 3.02. The molecule has 0 unspecified atom stereocenters. The molecule has 0 atom stereocenters. The molecule has 0 spiro atoms. The smallest absolute Gasteiger partial charge is 0.275 e. The van der Waals surface area contributed by atoms with Gasteiger partial charge in [0, 0.05) is 13.6 Å². The third kappa shape index (κ3) is 3.80. The van der Waals surface area contributed by atoms with Gasteiger partial charge in [-0.2, -0.15) is 5.10 Å². The summed E-state index contributed by atoms with van der Waals surface area (Å²) in [5, 5.41) is 11.6. The number of aryl methyl sites for hydroxylation is 1. The Morgan fingerprint density at radius 2 is 2.05 bits per heavy atom. The summed E-state index contributed by atoms with van der Waals surface area (Å²) in [5.41, 5.74) is 0.226. The number of carbonyl (C=O) groups excluding carboxylic acids is 1. The van der Waals surface area contributed by atoms with E-state index in [4.69, 9.17) is 5.14 Å². The SMILES string of the molecule is CCc1[nH]nc(C(=O)N(C)CCC(C)C)c1S(N)(=O)=O. The zero-order valence-corrected chi connectivity index (χ0v) is 13.1. The zero-order valence-electron chi connectivity index (χ0n) is 12.3. The monoisotopic (exact) mass is 302 g/mol. The summed E-state index contributed by atoms with van der Waals surface area (Å²) in [7, 11) is -2.36. The highest BCUT2D eigenvalue weighted by Crippen LogP contribution is 2.19. The van der Waals surface area contributed by atoms with Crippen molar-refractivity contribution >= 4 is 15.9 Å². The first-order valence-electron chi connectivity index (χ1n) is 6.54. The number of hydrogen-bond donors (Lipinski definition) is 2. The highest BCUT2D eigenvalue weighted by molar-refractivity contribution is 7.89. The first kappa shape index (κ1) is 16.6. The first-order valence-corrected chi connectivity index (χ1v) is 8.08. The first-order chi connectivity index (χ1) is 9.18. The predicted molar refractivity (Wildman–Crippen MR) is 75.8 cm³/mol. The van der Waals surface area contributed by atoms with Crippen molar-refractivity contribution in [3.8, 4) is 0 Å². The lowest BCUT2D eigenvalue weighted by molar-refractivity contribution is 0.0779. The molecule has 1 amide bonds. The Bertz CT molecular complexity index is 578. The van der Waals surface area contributed by atoms with Gasteiger partial charge in [0.05, 0.1) is 5.69 Å². The highest BCUT2D eigenvalue weighted by Gasteiger charge is 2.28. The molecule has 1 aromatic rings. The molecule has 1 rings (SSSR count). The Labute approximate surface area is 119 Å². The van der Waals surface area contributed by atoms with Gasteiger partial charge in [0.2, 0.25) is 10.0 Å². The number of sulfonamides is 1. The van der Waals surface area contributed by atoms with E-state index in [1.165, 1.54) is 4.90 Å². The molecule has 20 heavy (non-hydrogen) atoms. The zero-order chi connectivity index (χ0) is 15.5. The molecular formula is C12H22N4O3S. The van der Waals surface area contributed by atoms with Crippen molar-refractivity contribution < 1.29 is 13.2 Å². The van der Waals surface area contributed by atoms with Crippen LogP contribution in [0.25, 0.3) is 0 Å². The van der Waals surface area contributed by atoms with Gasteiger partial charge in [0.1, 0.15) is 4.90 Å². The van der Waals surface area contributed by atoms with E-state index < -0.39 is 15.9 Å². The number of hydrogen-bond acceptors (Lipinski definition) is 4. The van der Waals surface area contributed by atoms with Crippen molar-refractivity contribution in [2.24, 2.45) is 11.1 Å². The maximum Gasteiger partial charge on any atom is 0.275 e. The molecular weight excluding hydrogens is 280 g/mol. The average molecular weight is 302 g/mol. The maximum absolute atomic E-state index is 12.3. The molecule has 1 heterocycles. The van der Waals surface area contributed by atoms with Crippen molar-refractivity contribution in [2.45, 2.75) is 38.5 Å².